The van der Waals surface area contributed by atoms with Crippen molar-refractivity contribution in [1.29, 1.82) is 0 Å². The van der Waals surface area contributed by atoms with Crippen LogP contribution < -0.4 is 0 Å². The molecule has 0 spiro atoms. The Morgan fingerprint density at radius 1 is 0.971 bits per heavy atom. The molecule has 0 fully saturated rings. The van der Waals surface area contributed by atoms with Crippen molar-refractivity contribution in [3.8, 4) is 22.4 Å². The van der Waals surface area contributed by atoms with E-state index in [0.717, 1.165) is 60.2 Å². The fourth-order valence-electron chi connectivity index (χ4n) is 4.02. The van der Waals surface area contributed by atoms with Gasteiger partial charge in [0, 0.05) is 18.4 Å². The first-order chi connectivity index (χ1) is 17.1. The highest BCUT2D eigenvalue weighted by atomic mass is 19.1. The van der Waals surface area contributed by atoms with Crippen molar-refractivity contribution < 1.29 is 9.13 Å². The molecule has 0 saturated carbocycles. The molecule has 0 radical (unpaired) electrons. The van der Waals surface area contributed by atoms with Crippen molar-refractivity contribution in [1.82, 2.24) is 4.98 Å². The maximum Gasteiger partial charge on any atom is 0.127 e. The van der Waals surface area contributed by atoms with Crippen LogP contribution in [-0.2, 0) is 11.2 Å². The van der Waals surface area contributed by atoms with E-state index in [4.69, 9.17) is 4.74 Å². The maximum absolute atomic E-state index is 14.3. The predicted molar refractivity (Wildman–Crippen MR) is 147 cm³/mol. The van der Waals surface area contributed by atoms with Gasteiger partial charge in [-0.3, -0.25) is 4.98 Å². The van der Waals surface area contributed by atoms with Crippen LogP contribution in [-0.4, -0.2) is 17.7 Å². The van der Waals surface area contributed by atoms with Gasteiger partial charge in [-0.15, -0.1) is 6.58 Å². The van der Waals surface area contributed by atoms with E-state index in [1.807, 2.05) is 48.7 Å². The van der Waals surface area contributed by atoms with E-state index in [-0.39, 0.29) is 5.82 Å². The van der Waals surface area contributed by atoms with Gasteiger partial charge in [-0.05, 0) is 73.4 Å². The molecule has 184 valence electrons. The molecule has 0 aliphatic heterocycles. The molecule has 0 N–H and O–H groups in total. The molecule has 0 aliphatic rings. The van der Waals surface area contributed by atoms with E-state index in [0.29, 0.717) is 18.1 Å². The van der Waals surface area contributed by atoms with Crippen molar-refractivity contribution in [3.05, 3.63) is 96.5 Å². The van der Waals surface area contributed by atoms with Crippen LogP contribution in [0.2, 0.25) is 0 Å². The Morgan fingerprint density at radius 2 is 1.74 bits per heavy atom. The van der Waals surface area contributed by atoms with Crippen molar-refractivity contribution in [2.24, 2.45) is 0 Å². The lowest BCUT2D eigenvalue weighted by atomic mass is 10.00. The predicted octanol–water partition coefficient (Wildman–Crippen LogP) is 9.06. The number of benzene rings is 2. The number of halogens is 1. The fraction of sp³-hybridized carbons (Fsp3) is 0.344. The summed E-state index contributed by atoms with van der Waals surface area (Å²) in [6, 6.07) is 17.6. The van der Waals surface area contributed by atoms with Gasteiger partial charge in [0.1, 0.15) is 5.82 Å². The molecule has 1 unspecified atom stereocenters. The molecule has 2 aromatic carbocycles. The van der Waals surface area contributed by atoms with Crippen LogP contribution in [0.15, 0.2) is 79.5 Å². The van der Waals surface area contributed by atoms with Crippen LogP contribution in [0.3, 0.4) is 0 Å². The van der Waals surface area contributed by atoms with E-state index in [9.17, 15) is 4.39 Å². The van der Waals surface area contributed by atoms with Gasteiger partial charge < -0.3 is 4.74 Å². The SMILES string of the molecule is C=CCc1ccc(-c2ccc(-c3ccc(/C=C/CCCC(C)OCCCCC)cn3)cc2)cc1F. The Hall–Kier alpha value is -3.04. The zero-order chi connectivity index (χ0) is 24.9. The van der Waals surface area contributed by atoms with Gasteiger partial charge in [0.15, 0.2) is 0 Å². The number of hydrogen-bond acceptors (Lipinski definition) is 2. The summed E-state index contributed by atoms with van der Waals surface area (Å²) in [5.41, 5.74) is 5.59. The van der Waals surface area contributed by atoms with Gasteiger partial charge in [-0.2, -0.15) is 0 Å². The molecule has 0 aliphatic carbocycles. The molecule has 1 atom stereocenters. The molecule has 3 rings (SSSR count). The zero-order valence-corrected chi connectivity index (χ0v) is 21.2. The third-order valence-corrected chi connectivity index (χ3v) is 6.16. The number of hydrogen-bond donors (Lipinski definition) is 0. The van der Waals surface area contributed by atoms with Crippen LogP contribution in [0.25, 0.3) is 28.5 Å². The number of pyridine rings is 1. The minimum atomic E-state index is -0.193. The molecule has 3 heteroatoms. The smallest absolute Gasteiger partial charge is 0.127 e. The Morgan fingerprint density at radius 3 is 2.43 bits per heavy atom. The minimum Gasteiger partial charge on any atom is -0.379 e. The molecule has 1 aromatic heterocycles. The highest BCUT2D eigenvalue weighted by Gasteiger charge is 2.06. The van der Waals surface area contributed by atoms with Gasteiger partial charge in [-0.25, -0.2) is 4.39 Å². The van der Waals surface area contributed by atoms with Crippen LogP contribution >= 0.6 is 0 Å². The number of aromatic nitrogens is 1. The number of nitrogens with zero attached hydrogens (tertiary/aromatic N) is 1. The van der Waals surface area contributed by atoms with Crippen LogP contribution in [0.1, 0.15) is 63.5 Å². The number of unbranched alkanes of at least 4 members (excludes halogenated alkanes) is 3. The molecule has 0 saturated heterocycles. The molecular formula is C32H38FNO. The van der Waals surface area contributed by atoms with Gasteiger partial charge in [0.2, 0.25) is 0 Å². The Kier molecular flexibility index (Phi) is 10.9. The Balaban J connectivity index is 1.49. The van der Waals surface area contributed by atoms with Gasteiger partial charge >= 0.3 is 0 Å². The zero-order valence-electron chi connectivity index (χ0n) is 21.2. The van der Waals surface area contributed by atoms with Crippen LogP contribution in [0.4, 0.5) is 4.39 Å². The number of rotatable bonds is 14. The number of allylic oxidation sites excluding steroid dienone is 2. The summed E-state index contributed by atoms with van der Waals surface area (Å²) >= 11 is 0. The van der Waals surface area contributed by atoms with Gasteiger partial charge in [0.05, 0.1) is 11.8 Å². The van der Waals surface area contributed by atoms with Gasteiger partial charge in [-0.1, -0.05) is 80.5 Å². The van der Waals surface area contributed by atoms with E-state index < -0.39 is 0 Å². The minimum absolute atomic E-state index is 0.193. The van der Waals surface area contributed by atoms with Crippen molar-refractivity contribution in [2.75, 3.05) is 6.61 Å². The van der Waals surface area contributed by atoms with Crippen molar-refractivity contribution in [3.63, 3.8) is 0 Å². The second kappa shape index (κ2) is 14.4. The van der Waals surface area contributed by atoms with Crippen LogP contribution in [0.5, 0.6) is 0 Å². The molecule has 2 nitrogen and oxygen atoms in total. The second-order valence-electron chi connectivity index (χ2n) is 9.07. The lowest BCUT2D eigenvalue weighted by Gasteiger charge is -2.11. The average molecular weight is 472 g/mol. The highest BCUT2D eigenvalue weighted by molar-refractivity contribution is 5.69. The summed E-state index contributed by atoms with van der Waals surface area (Å²) in [6.07, 6.45) is 15.8. The summed E-state index contributed by atoms with van der Waals surface area (Å²) in [4.78, 5) is 4.63. The molecule has 0 amide bonds. The molecule has 3 aromatic rings. The first kappa shape index (κ1) is 26.6. The maximum atomic E-state index is 14.3. The summed E-state index contributed by atoms with van der Waals surface area (Å²) < 4.78 is 20.1. The third-order valence-electron chi connectivity index (χ3n) is 6.16. The van der Waals surface area contributed by atoms with E-state index >= 15 is 0 Å². The Labute approximate surface area is 210 Å². The van der Waals surface area contributed by atoms with Crippen LogP contribution in [0, 0.1) is 5.82 Å². The molecular weight excluding hydrogens is 433 g/mol. The van der Waals surface area contributed by atoms with Gasteiger partial charge in [0.25, 0.3) is 0 Å². The summed E-state index contributed by atoms with van der Waals surface area (Å²) in [5, 5.41) is 0. The van der Waals surface area contributed by atoms with E-state index in [2.05, 4.69) is 43.6 Å². The highest BCUT2D eigenvalue weighted by Crippen LogP contribution is 2.26. The van der Waals surface area contributed by atoms with Crippen molar-refractivity contribution in [2.45, 2.75) is 64.9 Å². The summed E-state index contributed by atoms with van der Waals surface area (Å²) in [5.74, 6) is -0.193. The first-order valence-electron chi connectivity index (χ1n) is 12.8. The topological polar surface area (TPSA) is 22.1 Å². The quantitative estimate of drug-likeness (QED) is 0.173. The third kappa shape index (κ3) is 8.60. The molecule has 1 heterocycles. The molecule has 35 heavy (non-hydrogen) atoms. The first-order valence-corrected chi connectivity index (χ1v) is 12.8. The average Bonchev–Trinajstić information content (AvgIpc) is 2.88. The van der Waals surface area contributed by atoms with E-state index in [1.54, 1.807) is 12.1 Å². The number of ether oxygens (including phenoxy) is 1. The lowest BCUT2D eigenvalue weighted by molar-refractivity contribution is 0.0566. The fourth-order valence-corrected chi connectivity index (χ4v) is 4.02. The second-order valence-corrected chi connectivity index (χ2v) is 9.07. The normalized spacial score (nSPS) is 12.2. The summed E-state index contributed by atoms with van der Waals surface area (Å²) in [7, 11) is 0. The Bertz CT molecular complexity index is 1070. The standard InChI is InChI=1S/C32H38FNO/c1-4-6-10-22-35-25(3)12-8-7-9-13-26-14-21-32(34-24-26)29-18-15-27(16-19-29)30-20-17-28(11-5-2)31(33)23-30/h5,9,13-21,23-25H,2,4,6-8,10-12,22H2,1,3H3/b13-9+. The molecule has 0 bridgehead atoms. The lowest BCUT2D eigenvalue weighted by Crippen LogP contribution is -2.08. The van der Waals surface area contributed by atoms with E-state index in [1.165, 1.54) is 12.8 Å². The van der Waals surface area contributed by atoms with Crippen molar-refractivity contribution >= 4 is 6.08 Å². The monoisotopic (exact) mass is 471 g/mol. The largest absolute Gasteiger partial charge is 0.379 e. The summed E-state index contributed by atoms with van der Waals surface area (Å²) in [6.45, 7) is 8.95.